The van der Waals surface area contributed by atoms with E-state index in [2.05, 4.69) is 15.8 Å². The van der Waals surface area contributed by atoms with Gasteiger partial charge in [0, 0.05) is 5.71 Å². The number of carbonyl (C=O) groups is 2. The molecule has 0 saturated carbocycles. The predicted molar refractivity (Wildman–Crippen MR) is 80.1 cm³/mol. The maximum absolute atomic E-state index is 11.7. The fourth-order valence-corrected chi connectivity index (χ4v) is 2.16. The summed E-state index contributed by atoms with van der Waals surface area (Å²) in [4.78, 5) is 23.9. The van der Waals surface area contributed by atoms with E-state index in [-0.39, 0.29) is 18.2 Å². The summed E-state index contributed by atoms with van der Waals surface area (Å²) in [6.07, 6.45) is 1.67. The van der Waals surface area contributed by atoms with Crippen molar-refractivity contribution in [1.82, 2.24) is 10.7 Å². The Morgan fingerprint density at radius 1 is 1.33 bits per heavy atom. The van der Waals surface area contributed by atoms with Crippen LogP contribution in [0.4, 0.5) is 0 Å². The van der Waals surface area contributed by atoms with Crippen molar-refractivity contribution in [3.8, 4) is 0 Å². The molecule has 0 spiro atoms. The van der Waals surface area contributed by atoms with Crippen molar-refractivity contribution in [2.24, 2.45) is 5.10 Å². The van der Waals surface area contributed by atoms with Gasteiger partial charge in [0.2, 0.25) is 5.91 Å². The highest BCUT2D eigenvalue weighted by Gasteiger charge is 2.07. The van der Waals surface area contributed by atoms with E-state index in [9.17, 15) is 9.59 Å². The summed E-state index contributed by atoms with van der Waals surface area (Å²) >= 11 is 1.33. The van der Waals surface area contributed by atoms with Gasteiger partial charge in [-0.25, -0.2) is 5.43 Å². The molecule has 110 valence electrons. The van der Waals surface area contributed by atoms with E-state index in [1.54, 1.807) is 37.5 Å². The number of nitrogens with one attached hydrogen (secondary N) is 2. The molecule has 2 aromatic rings. The minimum atomic E-state index is -0.277. The lowest BCUT2D eigenvalue weighted by Crippen LogP contribution is -2.25. The maximum Gasteiger partial charge on any atom is 0.281 e. The number of hydrazone groups is 1. The van der Waals surface area contributed by atoms with E-state index in [0.29, 0.717) is 22.9 Å². The summed E-state index contributed by atoms with van der Waals surface area (Å²) in [7, 11) is 0. The summed E-state index contributed by atoms with van der Waals surface area (Å²) < 4.78 is 5.11. The SMILES string of the molecule is C/C(CC(=O)NCc1ccco1)=N/NC(=O)c1cccs1. The van der Waals surface area contributed by atoms with Crippen LogP contribution in [0, 0.1) is 0 Å². The lowest BCUT2D eigenvalue weighted by molar-refractivity contribution is -0.120. The van der Waals surface area contributed by atoms with Gasteiger partial charge in [0.1, 0.15) is 5.76 Å². The fourth-order valence-electron chi connectivity index (χ4n) is 1.54. The van der Waals surface area contributed by atoms with Gasteiger partial charge in [0.15, 0.2) is 0 Å². The summed E-state index contributed by atoms with van der Waals surface area (Å²) in [5.41, 5.74) is 2.95. The predicted octanol–water partition coefficient (Wildman–Crippen LogP) is 2.15. The number of furan rings is 1. The van der Waals surface area contributed by atoms with Crippen molar-refractivity contribution < 1.29 is 14.0 Å². The van der Waals surface area contributed by atoms with Crippen LogP contribution in [-0.4, -0.2) is 17.5 Å². The summed E-state index contributed by atoms with van der Waals surface area (Å²) in [6.45, 7) is 2.02. The molecule has 0 atom stereocenters. The second-order valence-electron chi connectivity index (χ2n) is 4.30. The zero-order valence-corrected chi connectivity index (χ0v) is 12.3. The van der Waals surface area contributed by atoms with Gasteiger partial charge in [-0.3, -0.25) is 9.59 Å². The number of thiophene rings is 1. The first kappa shape index (κ1) is 15.0. The zero-order valence-electron chi connectivity index (χ0n) is 11.5. The Bertz CT molecular complexity index is 618. The van der Waals surface area contributed by atoms with Gasteiger partial charge in [0.05, 0.1) is 24.1 Å². The minimum Gasteiger partial charge on any atom is -0.467 e. The number of amides is 2. The Hall–Kier alpha value is -2.41. The molecule has 2 heterocycles. The van der Waals surface area contributed by atoms with Crippen molar-refractivity contribution in [2.75, 3.05) is 0 Å². The van der Waals surface area contributed by atoms with Crippen LogP contribution in [-0.2, 0) is 11.3 Å². The third-order valence-corrected chi connectivity index (χ3v) is 3.42. The molecule has 2 amide bonds. The van der Waals surface area contributed by atoms with Gasteiger partial charge < -0.3 is 9.73 Å². The number of hydrogen-bond donors (Lipinski definition) is 2. The Kier molecular flexibility index (Phi) is 5.28. The highest BCUT2D eigenvalue weighted by Crippen LogP contribution is 2.07. The highest BCUT2D eigenvalue weighted by molar-refractivity contribution is 7.12. The van der Waals surface area contributed by atoms with E-state index in [1.165, 1.54) is 11.3 Å². The molecule has 0 unspecified atom stereocenters. The topological polar surface area (TPSA) is 83.7 Å². The molecular weight excluding hydrogens is 290 g/mol. The van der Waals surface area contributed by atoms with Gasteiger partial charge in [-0.1, -0.05) is 6.07 Å². The third kappa shape index (κ3) is 4.88. The molecule has 0 fully saturated rings. The van der Waals surface area contributed by atoms with Crippen molar-refractivity contribution in [3.05, 3.63) is 46.5 Å². The van der Waals surface area contributed by atoms with Crippen LogP contribution in [0.5, 0.6) is 0 Å². The molecular formula is C14H15N3O3S. The normalized spacial score (nSPS) is 11.2. The van der Waals surface area contributed by atoms with E-state index in [4.69, 9.17) is 4.42 Å². The molecule has 0 aliphatic heterocycles. The molecule has 2 aromatic heterocycles. The van der Waals surface area contributed by atoms with Crippen LogP contribution in [0.3, 0.4) is 0 Å². The van der Waals surface area contributed by atoms with Crippen molar-refractivity contribution >= 4 is 28.9 Å². The second kappa shape index (κ2) is 7.39. The molecule has 6 nitrogen and oxygen atoms in total. The minimum absolute atomic E-state index is 0.116. The Balaban J connectivity index is 1.75. The van der Waals surface area contributed by atoms with Gasteiger partial charge in [-0.15, -0.1) is 11.3 Å². The van der Waals surface area contributed by atoms with Crippen LogP contribution < -0.4 is 10.7 Å². The molecule has 0 aliphatic rings. The largest absolute Gasteiger partial charge is 0.467 e. The zero-order chi connectivity index (χ0) is 15.1. The molecule has 0 radical (unpaired) electrons. The summed E-state index contributed by atoms with van der Waals surface area (Å²) in [5.74, 6) is 0.224. The molecule has 21 heavy (non-hydrogen) atoms. The number of nitrogens with zero attached hydrogens (tertiary/aromatic N) is 1. The van der Waals surface area contributed by atoms with E-state index < -0.39 is 0 Å². The first-order valence-electron chi connectivity index (χ1n) is 6.31. The molecule has 0 aliphatic carbocycles. The molecule has 0 saturated heterocycles. The Morgan fingerprint density at radius 2 is 2.19 bits per heavy atom. The molecule has 0 aromatic carbocycles. The highest BCUT2D eigenvalue weighted by atomic mass is 32.1. The van der Waals surface area contributed by atoms with Crippen LogP contribution in [0.25, 0.3) is 0 Å². The quantitative estimate of drug-likeness (QED) is 0.633. The van der Waals surface area contributed by atoms with Gasteiger partial charge in [0.25, 0.3) is 5.91 Å². The Labute approximate surface area is 125 Å². The van der Waals surface area contributed by atoms with Crippen molar-refractivity contribution in [3.63, 3.8) is 0 Å². The lowest BCUT2D eigenvalue weighted by atomic mass is 10.3. The molecule has 2 rings (SSSR count). The van der Waals surface area contributed by atoms with Gasteiger partial charge >= 0.3 is 0 Å². The summed E-state index contributed by atoms with van der Waals surface area (Å²) in [6, 6.07) is 7.04. The number of rotatable bonds is 6. The van der Waals surface area contributed by atoms with Crippen LogP contribution in [0.1, 0.15) is 28.8 Å². The van der Waals surface area contributed by atoms with Crippen molar-refractivity contribution in [1.29, 1.82) is 0 Å². The smallest absolute Gasteiger partial charge is 0.281 e. The number of carbonyl (C=O) groups excluding carboxylic acids is 2. The molecule has 0 bridgehead atoms. The van der Waals surface area contributed by atoms with E-state index in [0.717, 1.165) is 0 Å². The van der Waals surface area contributed by atoms with E-state index >= 15 is 0 Å². The average Bonchev–Trinajstić information content (AvgIpc) is 3.15. The third-order valence-electron chi connectivity index (χ3n) is 2.55. The second-order valence-corrected chi connectivity index (χ2v) is 5.25. The maximum atomic E-state index is 11.7. The Morgan fingerprint density at radius 3 is 2.86 bits per heavy atom. The van der Waals surface area contributed by atoms with Crippen LogP contribution in [0.2, 0.25) is 0 Å². The summed E-state index contributed by atoms with van der Waals surface area (Å²) in [5, 5.41) is 8.42. The number of hydrogen-bond acceptors (Lipinski definition) is 5. The first-order valence-corrected chi connectivity index (χ1v) is 7.19. The molecule has 7 heteroatoms. The van der Waals surface area contributed by atoms with Crippen LogP contribution in [0.15, 0.2) is 45.4 Å². The van der Waals surface area contributed by atoms with Gasteiger partial charge in [-0.05, 0) is 30.5 Å². The van der Waals surface area contributed by atoms with Crippen molar-refractivity contribution in [2.45, 2.75) is 19.9 Å². The average molecular weight is 305 g/mol. The fraction of sp³-hybridized carbons (Fsp3) is 0.214. The lowest BCUT2D eigenvalue weighted by Gasteiger charge is -2.03. The standard InChI is InChI=1S/C14H15N3O3S/c1-10(16-17-14(19)12-5-3-7-21-12)8-13(18)15-9-11-4-2-6-20-11/h2-7H,8-9H2,1H3,(H,15,18)(H,17,19)/b16-10-. The monoisotopic (exact) mass is 305 g/mol. The molecule has 2 N–H and O–H groups in total. The van der Waals surface area contributed by atoms with Gasteiger partial charge in [-0.2, -0.15) is 5.10 Å². The first-order chi connectivity index (χ1) is 10.1. The van der Waals surface area contributed by atoms with Crippen LogP contribution >= 0.6 is 11.3 Å². The van der Waals surface area contributed by atoms with E-state index in [1.807, 2.05) is 5.38 Å².